The molecular formula is C23H24FN5O3. The molecule has 1 saturated heterocycles. The van der Waals surface area contributed by atoms with E-state index in [9.17, 15) is 19.3 Å². The Morgan fingerprint density at radius 1 is 1.06 bits per heavy atom. The van der Waals surface area contributed by atoms with Crippen molar-refractivity contribution < 1.29 is 14.1 Å². The summed E-state index contributed by atoms with van der Waals surface area (Å²) in [4.78, 5) is 25.9. The molecule has 166 valence electrons. The van der Waals surface area contributed by atoms with Gasteiger partial charge in [0.2, 0.25) is 0 Å². The molecule has 1 aliphatic rings. The highest BCUT2D eigenvalue weighted by Gasteiger charge is 2.22. The number of non-ortho nitro benzene ring substituents is 1. The van der Waals surface area contributed by atoms with E-state index in [1.807, 2.05) is 19.9 Å². The first-order valence-electron chi connectivity index (χ1n) is 10.5. The molecule has 1 fully saturated rings. The Kier molecular flexibility index (Phi) is 5.89. The van der Waals surface area contributed by atoms with Crippen molar-refractivity contribution in [1.82, 2.24) is 9.78 Å². The quantitative estimate of drug-likeness (QED) is 0.458. The summed E-state index contributed by atoms with van der Waals surface area (Å²) in [7, 11) is 0. The summed E-state index contributed by atoms with van der Waals surface area (Å²) in [5, 5.41) is 18.2. The number of nitro groups is 1. The molecule has 0 aliphatic carbocycles. The number of hydrogen-bond acceptors (Lipinski definition) is 5. The number of carbonyl (C=O) groups is 1. The zero-order valence-electron chi connectivity index (χ0n) is 18.0. The van der Waals surface area contributed by atoms with E-state index in [-0.39, 0.29) is 22.6 Å². The zero-order chi connectivity index (χ0) is 22.8. The van der Waals surface area contributed by atoms with Gasteiger partial charge in [-0.3, -0.25) is 14.9 Å². The van der Waals surface area contributed by atoms with Crippen LogP contribution in [0, 0.1) is 29.8 Å². The van der Waals surface area contributed by atoms with E-state index in [0.717, 1.165) is 43.7 Å². The number of nitrogens with one attached hydrogen (secondary N) is 1. The van der Waals surface area contributed by atoms with Gasteiger partial charge in [0.05, 0.1) is 21.9 Å². The number of benzene rings is 2. The Morgan fingerprint density at radius 3 is 2.41 bits per heavy atom. The van der Waals surface area contributed by atoms with Crippen molar-refractivity contribution in [2.24, 2.45) is 0 Å². The van der Waals surface area contributed by atoms with Gasteiger partial charge in [-0.15, -0.1) is 0 Å². The first-order valence-corrected chi connectivity index (χ1v) is 10.5. The van der Waals surface area contributed by atoms with Crippen molar-refractivity contribution in [3.05, 3.63) is 75.3 Å². The van der Waals surface area contributed by atoms with Gasteiger partial charge in [0.1, 0.15) is 5.69 Å². The molecule has 0 spiro atoms. The second kappa shape index (κ2) is 8.78. The summed E-state index contributed by atoms with van der Waals surface area (Å²) < 4.78 is 16.3. The molecule has 32 heavy (non-hydrogen) atoms. The Hall–Kier alpha value is -3.75. The third-order valence-electron chi connectivity index (χ3n) is 5.58. The lowest BCUT2D eigenvalue weighted by Gasteiger charge is -2.30. The number of rotatable bonds is 5. The highest BCUT2D eigenvalue weighted by atomic mass is 19.1. The molecule has 0 saturated carbocycles. The van der Waals surface area contributed by atoms with Crippen LogP contribution in [-0.2, 0) is 0 Å². The van der Waals surface area contributed by atoms with Crippen LogP contribution >= 0.6 is 0 Å². The second-order valence-electron chi connectivity index (χ2n) is 7.97. The van der Waals surface area contributed by atoms with Crippen molar-refractivity contribution in [1.29, 1.82) is 0 Å². The molecule has 0 radical (unpaired) electrons. The monoisotopic (exact) mass is 437 g/mol. The predicted octanol–water partition coefficient (Wildman–Crippen LogP) is 4.78. The van der Waals surface area contributed by atoms with Crippen LogP contribution < -0.4 is 10.2 Å². The lowest BCUT2D eigenvalue weighted by atomic mass is 10.1. The summed E-state index contributed by atoms with van der Waals surface area (Å²) >= 11 is 0. The highest BCUT2D eigenvalue weighted by Crippen LogP contribution is 2.29. The molecule has 2 aromatic carbocycles. The smallest absolute Gasteiger partial charge is 0.270 e. The van der Waals surface area contributed by atoms with Crippen molar-refractivity contribution in [3.8, 4) is 5.69 Å². The van der Waals surface area contributed by atoms with Crippen molar-refractivity contribution >= 4 is 23.0 Å². The van der Waals surface area contributed by atoms with Gasteiger partial charge in [0, 0.05) is 36.6 Å². The molecule has 1 aromatic heterocycles. The number of halogens is 1. The molecule has 8 nitrogen and oxygen atoms in total. The summed E-state index contributed by atoms with van der Waals surface area (Å²) in [5.74, 6) is -1.06. The average molecular weight is 437 g/mol. The number of aromatic nitrogens is 2. The minimum atomic E-state index is -0.538. The third-order valence-corrected chi connectivity index (χ3v) is 5.58. The van der Waals surface area contributed by atoms with E-state index in [1.54, 1.807) is 18.2 Å². The molecule has 0 atom stereocenters. The minimum Gasteiger partial charge on any atom is -0.371 e. The standard InChI is InChI=1S/C23H24FN5O3/c1-15-12-16(2)28(26-15)22-8-6-17(13-20(22)24)25-23(30)19-14-18(29(31)32)7-9-21(19)27-10-4-3-5-11-27/h6-9,12-14H,3-5,10-11H2,1-2H3,(H,25,30). The van der Waals surface area contributed by atoms with E-state index >= 15 is 0 Å². The van der Waals surface area contributed by atoms with Gasteiger partial charge < -0.3 is 10.2 Å². The Bertz CT molecular complexity index is 1180. The number of carbonyl (C=O) groups excluding carboxylic acids is 1. The average Bonchev–Trinajstić information content (AvgIpc) is 3.11. The summed E-state index contributed by atoms with van der Waals surface area (Å²) in [6.45, 7) is 5.22. The fourth-order valence-electron chi connectivity index (χ4n) is 4.06. The van der Waals surface area contributed by atoms with Crippen LogP contribution in [0.4, 0.5) is 21.5 Å². The fourth-order valence-corrected chi connectivity index (χ4v) is 4.06. The molecule has 4 rings (SSSR count). The molecule has 0 bridgehead atoms. The SMILES string of the molecule is Cc1cc(C)n(-c2ccc(NC(=O)c3cc([N+](=O)[O-])ccc3N3CCCCC3)cc2F)n1. The van der Waals surface area contributed by atoms with Crippen LogP contribution in [-0.4, -0.2) is 33.7 Å². The molecule has 1 N–H and O–H groups in total. The number of piperidine rings is 1. The molecule has 0 unspecified atom stereocenters. The van der Waals surface area contributed by atoms with Crippen LogP contribution in [0.3, 0.4) is 0 Å². The number of anilines is 2. The van der Waals surface area contributed by atoms with E-state index in [2.05, 4.69) is 15.3 Å². The van der Waals surface area contributed by atoms with E-state index in [1.165, 1.54) is 22.9 Å². The zero-order valence-corrected chi connectivity index (χ0v) is 18.0. The van der Waals surface area contributed by atoms with Crippen molar-refractivity contribution in [2.45, 2.75) is 33.1 Å². The Labute approximate surface area is 184 Å². The van der Waals surface area contributed by atoms with Crippen LogP contribution in [0.15, 0.2) is 42.5 Å². The maximum absolute atomic E-state index is 14.8. The number of aryl methyl sites for hydroxylation is 2. The first kappa shape index (κ1) is 21.5. The maximum atomic E-state index is 14.8. The van der Waals surface area contributed by atoms with Gasteiger partial charge in [-0.1, -0.05) is 0 Å². The number of nitrogens with zero attached hydrogens (tertiary/aromatic N) is 4. The Morgan fingerprint density at radius 2 is 1.78 bits per heavy atom. The van der Waals surface area contributed by atoms with E-state index < -0.39 is 16.6 Å². The van der Waals surface area contributed by atoms with Gasteiger partial charge in [0.25, 0.3) is 11.6 Å². The predicted molar refractivity (Wildman–Crippen MR) is 120 cm³/mol. The number of nitro benzene ring substituents is 1. The Balaban J connectivity index is 1.63. The summed E-state index contributed by atoms with van der Waals surface area (Å²) in [6.07, 6.45) is 3.11. The van der Waals surface area contributed by atoms with Crippen molar-refractivity contribution in [2.75, 3.05) is 23.3 Å². The molecule has 3 aromatic rings. The maximum Gasteiger partial charge on any atom is 0.270 e. The molecular weight excluding hydrogens is 413 g/mol. The highest BCUT2D eigenvalue weighted by molar-refractivity contribution is 6.08. The van der Waals surface area contributed by atoms with Gasteiger partial charge >= 0.3 is 0 Å². The number of amides is 1. The van der Waals surface area contributed by atoms with Gasteiger partial charge in [0.15, 0.2) is 5.82 Å². The van der Waals surface area contributed by atoms with Crippen molar-refractivity contribution in [3.63, 3.8) is 0 Å². The largest absolute Gasteiger partial charge is 0.371 e. The molecule has 2 heterocycles. The van der Waals surface area contributed by atoms with Crippen LogP contribution in [0.2, 0.25) is 0 Å². The van der Waals surface area contributed by atoms with Gasteiger partial charge in [-0.2, -0.15) is 5.10 Å². The molecule has 1 amide bonds. The lowest BCUT2D eigenvalue weighted by molar-refractivity contribution is -0.384. The second-order valence-corrected chi connectivity index (χ2v) is 7.97. The number of hydrogen-bond donors (Lipinski definition) is 1. The van der Waals surface area contributed by atoms with Crippen LogP contribution in [0.1, 0.15) is 41.0 Å². The van der Waals surface area contributed by atoms with Crippen LogP contribution in [0.25, 0.3) is 5.69 Å². The van der Waals surface area contributed by atoms with E-state index in [0.29, 0.717) is 5.69 Å². The molecule has 1 aliphatic heterocycles. The minimum absolute atomic E-state index is 0.165. The summed E-state index contributed by atoms with van der Waals surface area (Å²) in [5.41, 5.74) is 2.78. The first-order chi connectivity index (χ1) is 15.3. The topological polar surface area (TPSA) is 93.3 Å². The fraction of sp³-hybridized carbons (Fsp3) is 0.304. The lowest BCUT2D eigenvalue weighted by Crippen LogP contribution is -2.31. The normalized spacial score (nSPS) is 13.8. The van der Waals surface area contributed by atoms with Gasteiger partial charge in [-0.25, -0.2) is 9.07 Å². The third kappa shape index (κ3) is 4.32. The molecule has 9 heteroatoms. The van der Waals surface area contributed by atoms with Gasteiger partial charge in [-0.05, 0) is 63.4 Å². The van der Waals surface area contributed by atoms with Crippen LogP contribution in [0.5, 0.6) is 0 Å². The van der Waals surface area contributed by atoms with E-state index in [4.69, 9.17) is 0 Å². The summed E-state index contributed by atoms with van der Waals surface area (Å²) in [6, 6.07) is 10.5.